The smallest absolute Gasteiger partial charge is 0.328 e. The maximum absolute atomic E-state index is 11.9. The molecule has 3 aromatic rings. The Morgan fingerprint density at radius 2 is 1.58 bits per heavy atom. The summed E-state index contributed by atoms with van der Waals surface area (Å²) in [5.41, 5.74) is 1.26. The summed E-state index contributed by atoms with van der Waals surface area (Å²) in [5, 5.41) is 8.25. The van der Waals surface area contributed by atoms with Crippen LogP contribution in [0.15, 0.2) is 60.7 Å². The second-order valence-electron chi connectivity index (χ2n) is 4.69. The van der Waals surface area contributed by atoms with Crippen molar-refractivity contribution in [3.05, 3.63) is 66.2 Å². The molecule has 0 aliphatic carbocycles. The van der Waals surface area contributed by atoms with Crippen molar-refractivity contribution < 1.29 is 9.59 Å². The van der Waals surface area contributed by atoms with Crippen LogP contribution < -0.4 is 16.0 Å². The number of rotatable bonds is 4. The van der Waals surface area contributed by atoms with Gasteiger partial charge in [0.2, 0.25) is 11.1 Å². The number of para-hydroxylation sites is 1. The van der Waals surface area contributed by atoms with Crippen molar-refractivity contribution in [2.75, 3.05) is 10.6 Å². The molecule has 1 heterocycles. The highest BCUT2D eigenvalue weighted by Crippen LogP contribution is 2.19. The highest BCUT2D eigenvalue weighted by atomic mass is 32.1. The molecule has 0 bridgehead atoms. The molecule has 8 heteroatoms. The van der Waals surface area contributed by atoms with Gasteiger partial charge in [-0.1, -0.05) is 36.4 Å². The van der Waals surface area contributed by atoms with Crippen molar-refractivity contribution in [3.63, 3.8) is 0 Å². The van der Waals surface area contributed by atoms with Gasteiger partial charge < -0.3 is 5.32 Å². The number of urea groups is 1. The fourth-order valence-electron chi connectivity index (χ4n) is 1.87. The third kappa shape index (κ3) is 4.14. The van der Waals surface area contributed by atoms with Crippen LogP contribution in [0.3, 0.4) is 0 Å². The van der Waals surface area contributed by atoms with Crippen LogP contribution in [-0.4, -0.2) is 21.3 Å². The van der Waals surface area contributed by atoms with Crippen LogP contribution in [0.4, 0.5) is 21.6 Å². The fraction of sp³-hybridized carbons (Fsp3) is 0. The average Bonchev–Trinajstić information content (AvgIpc) is 3.03. The standard InChI is InChI=1S/C16H13N5O2S/c22-13(11-7-3-1-4-8-11)18-15(23)19-14-20-16(24-21-14)17-12-9-5-2-6-10-12/h1-10H,(H3,17,18,19,20,21,22,23). The Morgan fingerprint density at radius 1 is 0.917 bits per heavy atom. The lowest BCUT2D eigenvalue weighted by Gasteiger charge is -2.03. The maximum atomic E-state index is 11.9. The maximum Gasteiger partial charge on any atom is 0.328 e. The van der Waals surface area contributed by atoms with E-state index in [-0.39, 0.29) is 5.95 Å². The van der Waals surface area contributed by atoms with Crippen LogP contribution in [0.2, 0.25) is 0 Å². The molecule has 0 atom stereocenters. The van der Waals surface area contributed by atoms with Gasteiger partial charge in [0.15, 0.2) is 0 Å². The SMILES string of the molecule is O=C(NC(=O)c1ccccc1)Nc1nsc(Nc2ccccc2)n1. The van der Waals surface area contributed by atoms with Crippen molar-refractivity contribution in [2.45, 2.75) is 0 Å². The van der Waals surface area contributed by atoms with E-state index in [4.69, 9.17) is 0 Å². The summed E-state index contributed by atoms with van der Waals surface area (Å²) >= 11 is 1.10. The van der Waals surface area contributed by atoms with Crippen molar-refractivity contribution >= 4 is 40.2 Å². The van der Waals surface area contributed by atoms with Crippen molar-refractivity contribution in [2.24, 2.45) is 0 Å². The number of nitrogens with one attached hydrogen (secondary N) is 3. The number of nitrogens with zero attached hydrogens (tertiary/aromatic N) is 2. The van der Waals surface area contributed by atoms with Crippen LogP contribution in [0.1, 0.15) is 10.4 Å². The average molecular weight is 339 g/mol. The molecule has 24 heavy (non-hydrogen) atoms. The van der Waals surface area contributed by atoms with Crippen molar-refractivity contribution in [1.82, 2.24) is 14.7 Å². The Hall–Kier alpha value is -3.26. The molecule has 0 fully saturated rings. The lowest BCUT2D eigenvalue weighted by Crippen LogP contribution is -2.34. The number of hydrogen-bond acceptors (Lipinski definition) is 6. The first-order valence-electron chi connectivity index (χ1n) is 7.04. The van der Waals surface area contributed by atoms with E-state index >= 15 is 0 Å². The first-order chi connectivity index (χ1) is 11.7. The van der Waals surface area contributed by atoms with E-state index in [0.717, 1.165) is 17.2 Å². The molecule has 120 valence electrons. The molecule has 3 amide bonds. The van der Waals surface area contributed by atoms with E-state index in [2.05, 4.69) is 25.3 Å². The van der Waals surface area contributed by atoms with E-state index in [0.29, 0.717) is 10.7 Å². The summed E-state index contributed by atoms with van der Waals surface area (Å²) in [6.07, 6.45) is 0. The topological polar surface area (TPSA) is 96.0 Å². The lowest BCUT2D eigenvalue weighted by atomic mass is 10.2. The highest BCUT2D eigenvalue weighted by molar-refractivity contribution is 7.10. The largest absolute Gasteiger partial charge is 0.330 e. The van der Waals surface area contributed by atoms with Gasteiger partial charge in [0.1, 0.15) is 0 Å². The van der Waals surface area contributed by atoms with E-state index in [1.54, 1.807) is 30.3 Å². The summed E-state index contributed by atoms with van der Waals surface area (Å²) in [5.74, 6) is -0.372. The summed E-state index contributed by atoms with van der Waals surface area (Å²) in [7, 11) is 0. The van der Waals surface area contributed by atoms with Gasteiger partial charge in [-0.2, -0.15) is 9.36 Å². The third-order valence-corrected chi connectivity index (χ3v) is 3.57. The molecule has 0 saturated heterocycles. The molecule has 0 spiro atoms. The molecule has 0 saturated carbocycles. The van der Waals surface area contributed by atoms with Crippen LogP contribution in [-0.2, 0) is 0 Å². The minimum Gasteiger partial charge on any atom is -0.330 e. The van der Waals surface area contributed by atoms with E-state index in [9.17, 15) is 9.59 Å². The molecule has 1 aromatic heterocycles. The zero-order chi connectivity index (χ0) is 16.8. The van der Waals surface area contributed by atoms with Gasteiger partial charge in [-0.3, -0.25) is 15.4 Å². The number of amides is 3. The zero-order valence-electron chi connectivity index (χ0n) is 12.4. The molecular weight excluding hydrogens is 326 g/mol. The van der Waals surface area contributed by atoms with Gasteiger partial charge in [0.25, 0.3) is 5.91 Å². The predicted molar refractivity (Wildman–Crippen MR) is 92.6 cm³/mol. The van der Waals surface area contributed by atoms with E-state index in [1.807, 2.05) is 30.3 Å². The summed E-state index contributed by atoms with van der Waals surface area (Å²) < 4.78 is 4.02. The highest BCUT2D eigenvalue weighted by Gasteiger charge is 2.12. The number of carbonyl (C=O) groups is 2. The minimum atomic E-state index is -0.687. The first-order valence-corrected chi connectivity index (χ1v) is 7.81. The number of imide groups is 1. The normalized spacial score (nSPS) is 10.0. The Kier molecular flexibility index (Phi) is 4.78. The second kappa shape index (κ2) is 7.34. The number of anilines is 3. The molecule has 0 unspecified atom stereocenters. The van der Waals surface area contributed by atoms with Gasteiger partial charge in [0.05, 0.1) is 0 Å². The van der Waals surface area contributed by atoms with Crippen LogP contribution in [0.5, 0.6) is 0 Å². The van der Waals surface area contributed by atoms with Crippen LogP contribution in [0.25, 0.3) is 0 Å². The Morgan fingerprint density at radius 3 is 2.29 bits per heavy atom. The molecule has 3 rings (SSSR count). The molecule has 2 aromatic carbocycles. The number of hydrogen-bond donors (Lipinski definition) is 3. The summed E-state index contributed by atoms with van der Waals surface area (Å²) in [6.45, 7) is 0. The Bertz CT molecular complexity index is 836. The fourth-order valence-corrected chi connectivity index (χ4v) is 2.42. The monoisotopic (exact) mass is 339 g/mol. The minimum absolute atomic E-state index is 0.122. The van der Waals surface area contributed by atoms with Crippen LogP contribution >= 0.6 is 11.5 Å². The summed E-state index contributed by atoms with van der Waals surface area (Å²) in [6, 6.07) is 17.2. The Balaban J connectivity index is 1.56. The molecule has 0 aliphatic heterocycles. The third-order valence-electron chi connectivity index (χ3n) is 2.94. The lowest BCUT2D eigenvalue weighted by molar-refractivity contribution is 0.0967. The first kappa shape index (κ1) is 15.6. The van der Waals surface area contributed by atoms with Gasteiger partial charge >= 0.3 is 6.03 Å². The Labute approximate surface area is 141 Å². The van der Waals surface area contributed by atoms with Gasteiger partial charge in [-0.15, -0.1) is 0 Å². The van der Waals surface area contributed by atoms with Crippen molar-refractivity contribution in [1.29, 1.82) is 0 Å². The molecule has 3 N–H and O–H groups in total. The second-order valence-corrected chi connectivity index (χ2v) is 5.44. The van der Waals surface area contributed by atoms with Gasteiger partial charge in [-0.05, 0) is 24.3 Å². The van der Waals surface area contributed by atoms with Crippen LogP contribution in [0, 0.1) is 0 Å². The quantitative estimate of drug-likeness (QED) is 0.678. The summed E-state index contributed by atoms with van der Waals surface area (Å²) in [4.78, 5) is 27.8. The number of benzene rings is 2. The van der Waals surface area contributed by atoms with Gasteiger partial charge in [0, 0.05) is 22.8 Å². The molecular formula is C16H13N5O2S. The van der Waals surface area contributed by atoms with E-state index in [1.165, 1.54) is 0 Å². The molecule has 0 radical (unpaired) electrons. The molecule has 0 aliphatic rings. The molecule has 7 nitrogen and oxygen atoms in total. The van der Waals surface area contributed by atoms with Crippen molar-refractivity contribution in [3.8, 4) is 0 Å². The number of aromatic nitrogens is 2. The van der Waals surface area contributed by atoms with E-state index < -0.39 is 11.9 Å². The zero-order valence-corrected chi connectivity index (χ0v) is 13.2. The predicted octanol–water partition coefficient (Wildman–Crippen LogP) is 3.24. The van der Waals surface area contributed by atoms with Gasteiger partial charge in [-0.25, -0.2) is 4.79 Å². The number of carbonyl (C=O) groups excluding carboxylic acids is 2.